The summed E-state index contributed by atoms with van der Waals surface area (Å²) in [5.74, 6) is 0.603. The second-order valence-corrected chi connectivity index (χ2v) is 7.89. The molecule has 4 rings (SSSR count). The molecule has 4 heteroatoms. The fourth-order valence-electron chi connectivity index (χ4n) is 4.03. The molecule has 27 heavy (non-hydrogen) atoms. The number of amides is 1. The Hall–Kier alpha value is -2.33. The maximum atomic E-state index is 12.5. The SMILES string of the molecule is Cc1cc2c(cc1C)CN(c1cccc(C(=O)NCCC3CCOC3)c1)C2. The number of fused-ring (bicyclic) bond motifs is 1. The number of carbonyl (C=O) groups excluding carboxylic acids is 1. The average Bonchev–Trinajstić information content (AvgIpc) is 3.32. The van der Waals surface area contributed by atoms with Gasteiger partial charge >= 0.3 is 0 Å². The first-order valence-electron chi connectivity index (χ1n) is 9.90. The molecule has 2 aromatic carbocycles. The van der Waals surface area contributed by atoms with Crippen LogP contribution in [0.5, 0.6) is 0 Å². The number of benzene rings is 2. The normalized spacial score (nSPS) is 18.6. The molecule has 0 aliphatic carbocycles. The average molecular weight is 364 g/mol. The van der Waals surface area contributed by atoms with Crippen LogP contribution in [0.25, 0.3) is 0 Å². The van der Waals surface area contributed by atoms with Gasteiger partial charge in [0.05, 0.1) is 0 Å². The topological polar surface area (TPSA) is 41.6 Å². The number of aryl methyl sites for hydroxylation is 2. The molecule has 0 aromatic heterocycles. The molecular weight excluding hydrogens is 336 g/mol. The third-order valence-electron chi connectivity index (χ3n) is 5.87. The molecule has 4 nitrogen and oxygen atoms in total. The number of nitrogens with one attached hydrogen (secondary N) is 1. The van der Waals surface area contributed by atoms with Crippen molar-refractivity contribution in [2.24, 2.45) is 5.92 Å². The minimum Gasteiger partial charge on any atom is -0.381 e. The number of nitrogens with zero attached hydrogens (tertiary/aromatic N) is 1. The van der Waals surface area contributed by atoms with Crippen molar-refractivity contribution in [1.82, 2.24) is 5.32 Å². The molecule has 0 radical (unpaired) electrons. The summed E-state index contributed by atoms with van der Waals surface area (Å²) in [5, 5.41) is 3.06. The lowest BCUT2D eigenvalue weighted by molar-refractivity contribution is 0.0950. The number of anilines is 1. The minimum atomic E-state index is 0.0131. The predicted molar refractivity (Wildman–Crippen MR) is 108 cm³/mol. The molecule has 2 aliphatic rings. The summed E-state index contributed by atoms with van der Waals surface area (Å²) < 4.78 is 5.40. The van der Waals surface area contributed by atoms with Crippen molar-refractivity contribution in [3.63, 3.8) is 0 Å². The van der Waals surface area contributed by atoms with E-state index in [1.54, 1.807) is 0 Å². The van der Waals surface area contributed by atoms with E-state index in [0.717, 1.165) is 50.4 Å². The zero-order valence-corrected chi connectivity index (χ0v) is 16.3. The molecule has 1 N–H and O–H groups in total. The molecule has 142 valence electrons. The van der Waals surface area contributed by atoms with Crippen LogP contribution >= 0.6 is 0 Å². The largest absolute Gasteiger partial charge is 0.381 e. The lowest BCUT2D eigenvalue weighted by Crippen LogP contribution is -2.26. The maximum Gasteiger partial charge on any atom is 0.251 e. The van der Waals surface area contributed by atoms with E-state index in [-0.39, 0.29) is 5.91 Å². The highest BCUT2D eigenvalue weighted by Crippen LogP contribution is 2.30. The van der Waals surface area contributed by atoms with Crippen molar-refractivity contribution in [2.75, 3.05) is 24.7 Å². The van der Waals surface area contributed by atoms with Crippen LogP contribution in [-0.4, -0.2) is 25.7 Å². The Balaban J connectivity index is 1.39. The molecule has 0 saturated carbocycles. The number of hydrogen-bond donors (Lipinski definition) is 1. The number of rotatable bonds is 5. The van der Waals surface area contributed by atoms with E-state index in [0.29, 0.717) is 12.5 Å². The van der Waals surface area contributed by atoms with Crippen LogP contribution in [0.2, 0.25) is 0 Å². The zero-order chi connectivity index (χ0) is 18.8. The molecule has 2 heterocycles. The van der Waals surface area contributed by atoms with Gasteiger partial charge < -0.3 is 15.0 Å². The maximum absolute atomic E-state index is 12.5. The summed E-state index contributed by atoms with van der Waals surface area (Å²) in [6.07, 6.45) is 2.10. The number of ether oxygens (including phenoxy) is 1. The van der Waals surface area contributed by atoms with Crippen LogP contribution < -0.4 is 10.2 Å². The Labute approximate surface area is 161 Å². The fourth-order valence-corrected chi connectivity index (χ4v) is 4.03. The van der Waals surface area contributed by atoms with E-state index in [4.69, 9.17) is 4.74 Å². The fraction of sp³-hybridized carbons (Fsp3) is 0.435. The highest BCUT2D eigenvalue weighted by Gasteiger charge is 2.21. The molecule has 2 aromatic rings. The minimum absolute atomic E-state index is 0.0131. The summed E-state index contributed by atoms with van der Waals surface area (Å²) in [6, 6.07) is 12.6. The van der Waals surface area contributed by atoms with Gasteiger partial charge in [-0.25, -0.2) is 0 Å². The van der Waals surface area contributed by atoms with Gasteiger partial charge in [-0.15, -0.1) is 0 Å². The predicted octanol–water partition coefficient (Wildman–Crippen LogP) is 3.98. The van der Waals surface area contributed by atoms with E-state index in [2.05, 4.69) is 42.3 Å². The summed E-state index contributed by atoms with van der Waals surface area (Å²) >= 11 is 0. The first kappa shape index (κ1) is 18.1. The molecule has 1 amide bonds. The first-order valence-corrected chi connectivity index (χ1v) is 9.90. The Morgan fingerprint density at radius 3 is 2.56 bits per heavy atom. The summed E-state index contributed by atoms with van der Waals surface area (Å²) in [5.41, 5.74) is 7.32. The zero-order valence-electron chi connectivity index (χ0n) is 16.3. The van der Waals surface area contributed by atoms with Gasteiger partial charge in [0.2, 0.25) is 0 Å². The van der Waals surface area contributed by atoms with Crippen molar-refractivity contribution in [3.05, 3.63) is 64.2 Å². The Kier molecular flexibility index (Phi) is 5.17. The van der Waals surface area contributed by atoms with Crippen LogP contribution in [0.15, 0.2) is 36.4 Å². The van der Waals surface area contributed by atoms with Gasteiger partial charge in [0.25, 0.3) is 5.91 Å². The first-order chi connectivity index (χ1) is 13.1. The Morgan fingerprint density at radius 2 is 1.89 bits per heavy atom. The third-order valence-corrected chi connectivity index (χ3v) is 5.87. The summed E-state index contributed by atoms with van der Waals surface area (Å²) in [6.45, 7) is 8.55. The van der Waals surface area contributed by atoms with E-state index < -0.39 is 0 Å². The molecular formula is C23H28N2O2. The number of hydrogen-bond acceptors (Lipinski definition) is 3. The lowest BCUT2D eigenvalue weighted by atomic mass is 10.0. The van der Waals surface area contributed by atoms with Crippen molar-refractivity contribution in [3.8, 4) is 0 Å². The standard InChI is InChI=1S/C23H28N2O2/c1-16-10-20-13-25(14-21(20)11-17(16)2)22-5-3-4-19(12-22)23(26)24-8-6-18-7-9-27-15-18/h3-5,10-12,18H,6-9,13-15H2,1-2H3,(H,24,26). The third kappa shape index (κ3) is 4.01. The Bertz CT molecular complexity index is 809. The van der Waals surface area contributed by atoms with Gasteiger partial charge in [-0.1, -0.05) is 18.2 Å². The van der Waals surface area contributed by atoms with Crippen LogP contribution in [0, 0.1) is 19.8 Å². The smallest absolute Gasteiger partial charge is 0.251 e. The second kappa shape index (κ2) is 7.73. The highest BCUT2D eigenvalue weighted by atomic mass is 16.5. The second-order valence-electron chi connectivity index (χ2n) is 7.89. The summed E-state index contributed by atoms with van der Waals surface area (Å²) in [7, 11) is 0. The lowest BCUT2D eigenvalue weighted by Gasteiger charge is -2.18. The van der Waals surface area contributed by atoms with Crippen LogP contribution in [0.4, 0.5) is 5.69 Å². The van der Waals surface area contributed by atoms with Gasteiger partial charge in [-0.3, -0.25) is 4.79 Å². The highest BCUT2D eigenvalue weighted by molar-refractivity contribution is 5.95. The van der Waals surface area contributed by atoms with Crippen molar-refractivity contribution >= 4 is 11.6 Å². The Morgan fingerprint density at radius 1 is 1.15 bits per heavy atom. The van der Waals surface area contributed by atoms with Crippen molar-refractivity contribution in [2.45, 2.75) is 39.8 Å². The van der Waals surface area contributed by atoms with Gasteiger partial charge in [0.1, 0.15) is 0 Å². The van der Waals surface area contributed by atoms with E-state index in [1.165, 1.54) is 22.3 Å². The quantitative estimate of drug-likeness (QED) is 0.872. The van der Waals surface area contributed by atoms with Crippen molar-refractivity contribution in [1.29, 1.82) is 0 Å². The molecule has 1 fully saturated rings. The monoisotopic (exact) mass is 364 g/mol. The van der Waals surface area contributed by atoms with Gasteiger partial charge in [-0.2, -0.15) is 0 Å². The van der Waals surface area contributed by atoms with Crippen molar-refractivity contribution < 1.29 is 9.53 Å². The molecule has 1 saturated heterocycles. The van der Waals surface area contributed by atoms with E-state index >= 15 is 0 Å². The molecule has 0 bridgehead atoms. The van der Waals surface area contributed by atoms with Gasteiger partial charge in [0.15, 0.2) is 0 Å². The van der Waals surface area contributed by atoms with E-state index in [1.807, 2.05) is 18.2 Å². The van der Waals surface area contributed by atoms with Gasteiger partial charge in [-0.05, 0) is 73.1 Å². The van der Waals surface area contributed by atoms with Gasteiger partial charge in [0, 0.05) is 44.1 Å². The van der Waals surface area contributed by atoms with Crippen LogP contribution in [-0.2, 0) is 17.8 Å². The van der Waals surface area contributed by atoms with Crippen LogP contribution in [0.1, 0.15) is 45.5 Å². The molecule has 2 aliphatic heterocycles. The van der Waals surface area contributed by atoms with Crippen LogP contribution in [0.3, 0.4) is 0 Å². The van der Waals surface area contributed by atoms with E-state index in [9.17, 15) is 4.79 Å². The molecule has 1 atom stereocenters. The summed E-state index contributed by atoms with van der Waals surface area (Å²) in [4.78, 5) is 14.9. The number of carbonyl (C=O) groups is 1. The molecule has 1 unspecified atom stereocenters. The molecule has 0 spiro atoms.